The first-order chi connectivity index (χ1) is 5.25. The lowest BCUT2D eigenvalue weighted by atomic mass is 10.2. The summed E-state index contributed by atoms with van der Waals surface area (Å²) in [5.74, 6) is 0. The first-order valence-corrected chi connectivity index (χ1v) is 4.71. The molecule has 0 saturated carbocycles. The van der Waals surface area contributed by atoms with Crippen molar-refractivity contribution in [3.05, 3.63) is 32.7 Å². The molecule has 1 aromatic rings. The summed E-state index contributed by atoms with van der Waals surface area (Å²) in [6.45, 7) is 0. The number of carbonyl (C=O) groups excluding carboxylic acids is 1. The van der Waals surface area contributed by atoms with Gasteiger partial charge in [0, 0.05) is 15.4 Å². The Kier molecular flexibility index (Phi) is 3.27. The minimum Gasteiger partial charge on any atom is -0.303 e. The second-order valence-corrected chi connectivity index (χ2v) is 3.78. The second-order valence-electron chi connectivity index (χ2n) is 2.07. The van der Waals surface area contributed by atoms with Crippen LogP contribution in [0.25, 0.3) is 0 Å². The van der Waals surface area contributed by atoms with Gasteiger partial charge in [0.05, 0.1) is 0 Å². The van der Waals surface area contributed by atoms with Crippen LogP contribution < -0.4 is 0 Å². The molecule has 0 spiro atoms. The van der Waals surface area contributed by atoms with Crippen molar-refractivity contribution < 1.29 is 4.79 Å². The maximum Gasteiger partial charge on any atom is 0.124 e. The third-order valence-corrected chi connectivity index (χ3v) is 2.84. The van der Waals surface area contributed by atoms with E-state index in [2.05, 4.69) is 31.9 Å². The maximum atomic E-state index is 10.2. The highest BCUT2D eigenvalue weighted by atomic mass is 79.9. The molecule has 0 bridgehead atoms. The van der Waals surface area contributed by atoms with Crippen molar-refractivity contribution in [3.8, 4) is 0 Å². The molecule has 1 nitrogen and oxygen atoms in total. The van der Waals surface area contributed by atoms with Crippen LogP contribution in [-0.4, -0.2) is 6.29 Å². The maximum absolute atomic E-state index is 10.2. The van der Waals surface area contributed by atoms with Crippen molar-refractivity contribution in [1.29, 1.82) is 0 Å². The van der Waals surface area contributed by atoms with E-state index < -0.39 is 0 Å². The third-order valence-electron chi connectivity index (χ3n) is 1.35. The summed E-state index contributed by atoms with van der Waals surface area (Å²) in [6, 6.07) is 5.76. The monoisotopic (exact) mass is 276 g/mol. The Labute approximate surface area is 82.1 Å². The smallest absolute Gasteiger partial charge is 0.124 e. The summed E-state index contributed by atoms with van der Waals surface area (Å²) >= 11 is 6.72. The van der Waals surface area contributed by atoms with Crippen molar-refractivity contribution in [1.82, 2.24) is 0 Å². The van der Waals surface area contributed by atoms with Crippen molar-refractivity contribution in [3.63, 3.8) is 0 Å². The summed E-state index contributed by atoms with van der Waals surface area (Å²) < 4.78 is 1.94. The summed E-state index contributed by atoms with van der Waals surface area (Å²) in [6.07, 6.45) is 1.34. The molecule has 0 aliphatic carbocycles. The zero-order valence-electron chi connectivity index (χ0n) is 5.68. The molecular weight excluding hydrogens is 272 g/mol. The van der Waals surface area contributed by atoms with E-state index in [4.69, 9.17) is 0 Å². The molecule has 0 saturated heterocycles. The second kappa shape index (κ2) is 4.02. The van der Waals surface area contributed by atoms with Crippen LogP contribution in [-0.2, 0) is 11.2 Å². The third kappa shape index (κ3) is 2.14. The Balaban J connectivity index is 3.09. The molecule has 1 aromatic carbocycles. The normalized spacial score (nSPS) is 9.64. The van der Waals surface area contributed by atoms with Crippen LogP contribution in [0.1, 0.15) is 5.56 Å². The van der Waals surface area contributed by atoms with E-state index in [1.165, 1.54) is 0 Å². The van der Waals surface area contributed by atoms with Crippen LogP contribution in [0.15, 0.2) is 27.1 Å². The number of halogens is 2. The largest absolute Gasteiger partial charge is 0.303 e. The summed E-state index contributed by atoms with van der Waals surface area (Å²) in [5.41, 5.74) is 1.00. The summed E-state index contributed by atoms with van der Waals surface area (Å²) in [4.78, 5) is 10.2. The van der Waals surface area contributed by atoms with E-state index in [-0.39, 0.29) is 0 Å². The number of hydrogen-bond donors (Lipinski definition) is 0. The molecule has 11 heavy (non-hydrogen) atoms. The van der Waals surface area contributed by atoms with Gasteiger partial charge in [0.25, 0.3) is 0 Å². The van der Waals surface area contributed by atoms with E-state index in [1.807, 2.05) is 18.2 Å². The standard InChI is InChI=1S/C8H6Br2O/c9-7-2-1-3-8(10)6(7)4-5-11/h1-3,5H,4H2. The lowest BCUT2D eigenvalue weighted by Gasteiger charge is -2.01. The van der Waals surface area contributed by atoms with Gasteiger partial charge >= 0.3 is 0 Å². The molecule has 58 valence electrons. The molecule has 0 heterocycles. The lowest BCUT2D eigenvalue weighted by molar-refractivity contribution is -0.107. The van der Waals surface area contributed by atoms with E-state index in [0.29, 0.717) is 6.42 Å². The number of benzene rings is 1. The molecule has 3 heteroatoms. The van der Waals surface area contributed by atoms with Crippen LogP contribution >= 0.6 is 31.9 Å². The molecular formula is C8H6Br2O. The molecule has 0 aromatic heterocycles. The van der Waals surface area contributed by atoms with E-state index >= 15 is 0 Å². The molecule has 1 rings (SSSR count). The Hall–Kier alpha value is -0.150. The first-order valence-electron chi connectivity index (χ1n) is 3.12. The van der Waals surface area contributed by atoms with E-state index in [0.717, 1.165) is 20.8 Å². The fourth-order valence-electron chi connectivity index (χ4n) is 0.811. The van der Waals surface area contributed by atoms with Crippen LogP contribution in [0.4, 0.5) is 0 Å². The molecule has 0 amide bonds. The molecule has 0 unspecified atom stereocenters. The minimum atomic E-state index is 0.446. The fraction of sp³-hybridized carbons (Fsp3) is 0.125. The number of rotatable bonds is 2. The summed E-state index contributed by atoms with van der Waals surface area (Å²) in [7, 11) is 0. The van der Waals surface area contributed by atoms with Crippen LogP contribution in [0.2, 0.25) is 0 Å². The van der Waals surface area contributed by atoms with Gasteiger partial charge in [-0.1, -0.05) is 37.9 Å². The quantitative estimate of drug-likeness (QED) is 0.760. The zero-order valence-corrected chi connectivity index (χ0v) is 8.85. The van der Waals surface area contributed by atoms with Crippen molar-refractivity contribution in [2.24, 2.45) is 0 Å². The minimum absolute atomic E-state index is 0.446. The van der Waals surface area contributed by atoms with Crippen molar-refractivity contribution >= 4 is 38.1 Å². The molecule has 0 atom stereocenters. The van der Waals surface area contributed by atoms with Crippen LogP contribution in [0.3, 0.4) is 0 Å². The summed E-state index contributed by atoms with van der Waals surface area (Å²) in [5, 5.41) is 0. The van der Waals surface area contributed by atoms with Gasteiger partial charge in [-0.2, -0.15) is 0 Å². The van der Waals surface area contributed by atoms with Gasteiger partial charge in [-0.25, -0.2) is 0 Å². The van der Waals surface area contributed by atoms with Crippen LogP contribution in [0.5, 0.6) is 0 Å². The SMILES string of the molecule is O=CCc1c(Br)cccc1Br. The van der Waals surface area contributed by atoms with E-state index in [9.17, 15) is 4.79 Å². The van der Waals surface area contributed by atoms with Gasteiger partial charge in [0.2, 0.25) is 0 Å². The highest BCUT2D eigenvalue weighted by molar-refractivity contribution is 9.11. The first kappa shape index (κ1) is 8.94. The molecule has 0 radical (unpaired) electrons. The lowest BCUT2D eigenvalue weighted by Crippen LogP contribution is -1.88. The highest BCUT2D eigenvalue weighted by Crippen LogP contribution is 2.24. The van der Waals surface area contributed by atoms with E-state index in [1.54, 1.807) is 0 Å². The van der Waals surface area contributed by atoms with Gasteiger partial charge in [-0.05, 0) is 17.7 Å². The Morgan fingerprint density at radius 1 is 1.27 bits per heavy atom. The average molecular weight is 278 g/mol. The van der Waals surface area contributed by atoms with Gasteiger partial charge in [-0.3, -0.25) is 0 Å². The molecule has 0 fully saturated rings. The Morgan fingerprint density at radius 3 is 2.27 bits per heavy atom. The van der Waals surface area contributed by atoms with Crippen molar-refractivity contribution in [2.45, 2.75) is 6.42 Å². The zero-order chi connectivity index (χ0) is 8.27. The topological polar surface area (TPSA) is 17.1 Å². The fourth-order valence-corrected chi connectivity index (χ4v) is 2.13. The molecule has 0 aliphatic heterocycles. The Bertz CT molecular complexity index is 251. The predicted molar refractivity (Wildman–Crippen MR) is 51.6 cm³/mol. The average Bonchev–Trinajstić information content (AvgIpc) is 1.97. The van der Waals surface area contributed by atoms with Crippen molar-refractivity contribution in [2.75, 3.05) is 0 Å². The van der Waals surface area contributed by atoms with Crippen LogP contribution in [0, 0.1) is 0 Å². The number of hydrogen-bond acceptors (Lipinski definition) is 1. The van der Waals surface area contributed by atoms with Gasteiger partial charge < -0.3 is 4.79 Å². The van der Waals surface area contributed by atoms with Gasteiger partial charge in [0.1, 0.15) is 6.29 Å². The highest BCUT2D eigenvalue weighted by Gasteiger charge is 2.01. The molecule has 0 aliphatic rings. The Morgan fingerprint density at radius 2 is 1.82 bits per heavy atom. The predicted octanol–water partition coefficient (Wildman–Crippen LogP) is 2.95. The van der Waals surface area contributed by atoms with Gasteiger partial charge in [-0.15, -0.1) is 0 Å². The number of carbonyl (C=O) groups is 1. The molecule has 0 N–H and O–H groups in total. The van der Waals surface area contributed by atoms with Gasteiger partial charge in [0.15, 0.2) is 0 Å². The number of aldehydes is 1.